The van der Waals surface area contributed by atoms with Gasteiger partial charge >= 0.3 is 0 Å². The van der Waals surface area contributed by atoms with Crippen molar-refractivity contribution in [1.82, 2.24) is 10.3 Å². The Balaban J connectivity index is 1.81. The standard InChI is InChI=1S/C12H15N3OS/c17-12(15-6-8-16-9-7-15)14-13-10-11-4-2-1-3-5-11/h1-5,10H,6-9H2,(H,14,17)/b13-10-. The minimum atomic E-state index is 0.653. The lowest BCUT2D eigenvalue weighted by atomic mass is 10.2. The highest BCUT2D eigenvalue weighted by atomic mass is 32.1. The van der Waals surface area contributed by atoms with E-state index < -0.39 is 0 Å². The highest BCUT2D eigenvalue weighted by molar-refractivity contribution is 7.80. The van der Waals surface area contributed by atoms with Gasteiger partial charge in [0.2, 0.25) is 0 Å². The van der Waals surface area contributed by atoms with Crippen molar-refractivity contribution in [3.05, 3.63) is 35.9 Å². The average Bonchev–Trinajstić information content (AvgIpc) is 2.41. The molecule has 1 N–H and O–H groups in total. The molecular weight excluding hydrogens is 234 g/mol. The number of hydrogen-bond donors (Lipinski definition) is 1. The van der Waals surface area contributed by atoms with E-state index in [2.05, 4.69) is 15.4 Å². The summed E-state index contributed by atoms with van der Waals surface area (Å²) in [6.07, 6.45) is 1.76. The number of benzene rings is 1. The molecule has 17 heavy (non-hydrogen) atoms. The normalized spacial score (nSPS) is 16.1. The van der Waals surface area contributed by atoms with Crippen LogP contribution in [0.5, 0.6) is 0 Å². The average molecular weight is 249 g/mol. The van der Waals surface area contributed by atoms with E-state index in [9.17, 15) is 0 Å². The number of ether oxygens (including phenoxy) is 1. The van der Waals surface area contributed by atoms with Crippen LogP contribution in [0, 0.1) is 0 Å². The van der Waals surface area contributed by atoms with Crippen molar-refractivity contribution in [2.75, 3.05) is 26.3 Å². The second-order valence-electron chi connectivity index (χ2n) is 3.69. The molecule has 5 heteroatoms. The van der Waals surface area contributed by atoms with Gasteiger partial charge in [-0.15, -0.1) is 0 Å². The van der Waals surface area contributed by atoms with E-state index in [1.807, 2.05) is 30.3 Å². The van der Waals surface area contributed by atoms with Crippen molar-refractivity contribution < 1.29 is 4.74 Å². The summed E-state index contributed by atoms with van der Waals surface area (Å²) >= 11 is 5.23. The van der Waals surface area contributed by atoms with E-state index in [0.29, 0.717) is 5.11 Å². The summed E-state index contributed by atoms with van der Waals surface area (Å²) in [7, 11) is 0. The maximum absolute atomic E-state index is 5.26. The molecule has 0 spiro atoms. The van der Waals surface area contributed by atoms with Crippen LogP contribution in [0.15, 0.2) is 35.4 Å². The van der Waals surface area contributed by atoms with Crippen molar-refractivity contribution in [1.29, 1.82) is 0 Å². The van der Waals surface area contributed by atoms with Crippen molar-refractivity contribution >= 4 is 23.5 Å². The monoisotopic (exact) mass is 249 g/mol. The van der Waals surface area contributed by atoms with Crippen LogP contribution in [0.1, 0.15) is 5.56 Å². The lowest BCUT2D eigenvalue weighted by Crippen LogP contribution is -2.44. The molecule has 0 saturated carbocycles. The summed E-state index contributed by atoms with van der Waals surface area (Å²) in [4.78, 5) is 2.06. The van der Waals surface area contributed by atoms with Gasteiger partial charge in [0, 0.05) is 13.1 Å². The molecule has 4 nitrogen and oxygen atoms in total. The second kappa shape index (κ2) is 6.32. The van der Waals surface area contributed by atoms with Crippen LogP contribution < -0.4 is 5.43 Å². The topological polar surface area (TPSA) is 36.9 Å². The smallest absolute Gasteiger partial charge is 0.189 e. The first-order chi connectivity index (χ1) is 8.36. The number of morpholine rings is 1. The summed E-state index contributed by atoms with van der Waals surface area (Å²) in [5.74, 6) is 0. The third-order valence-electron chi connectivity index (χ3n) is 2.47. The molecule has 1 fully saturated rings. The van der Waals surface area contributed by atoms with Crippen LogP contribution >= 0.6 is 12.2 Å². The summed E-state index contributed by atoms with van der Waals surface area (Å²) in [5.41, 5.74) is 3.92. The van der Waals surface area contributed by atoms with Crippen molar-refractivity contribution in [3.63, 3.8) is 0 Å². The van der Waals surface area contributed by atoms with E-state index in [-0.39, 0.29) is 0 Å². The molecule has 0 aliphatic carbocycles. The quantitative estimate of drug-likeness (QED) is 0.486. The zero-order chi connectivity index (χ0) is 11.9. The summed E-state index contributed by atoms with van der Waals surface area (Å²) in [5, 5.41) is 4.77. The molecule has 2 rings (SSSR count). The van der Waals surface area contributed by atoms with Gasteiger partial charge in [-0.3, -0.25) is 5.43 Å². The molecule has 0 radical (unpaired) electrons. The highest BCUT2D eigenvalue weighted by Gasteiger charge is 2.12. The molecule has 1 saturated heterocycles. The molecule has 0 aromatic heterocycles. The predicted octanol–water partition coefficient (Wildman–Crippen LogP) is 1.23. The summed E-state index contributed by atoms with van der Waals surface area (Å²) < 4.78 is 5.26. The van der Waals surface area contributed by atoms with E-state index in [0.717, 1.165) is 31.9 Å². The highest BCUT2D eigenvalue weighted by Crippen LogP contribution is 1.97. The maximum atomic E-state index is 5.26. The van der Waals surface area contributed by atoms with Crippen LogP contribution in [0.4, 0.5) is 0 Å². The largest absolute Gasteiger partial charge is 0.378 e. The first-order valence-corrected chi connectivity index (χ1v) is 5.98. The Morgan fingerprint density at radius 1 is 1.29 bits per heavy atom. The minimum absolute atomic E-state index is 0.653. The Kier molecular flexibility index (Phi) is 4.46. The first-order valence-electron chi connectivity index (χ1n) is 5.57. The summed E-state index contributed by atoms with van der Waals surface area (Å²) in [6.45, 7) is 3.10. The first kappa shape index (κ1) is 12.0. The zero-order valence-electron chi connectivity index (χ0n) is 9.50. The van der Waals surface area contributed by atoms with Gasteiger partial charge in [0.25, 0.3) is 0 Å². The molecule has 1 heterocycles. The third-order valence-corrected chi connectivity index (χ3v) is 2.82. The molecule has 0 amide bonds. The molecule has 90 valence electrons. The van der Waals surface area contributed by atoms with Gasteiger partial charge < -0.3 is 9.64 Å². The predicted molar refractivity (Wildman–Crippen MR) is 72.2 cm³/mol. The van der Waals surface area contributed by atoms with Crippen LogP contribution in [-0.2, 0) is 4.74 Å². The zero-order valence-corrected chi connectivity index (χ0v) is 10.3. The SMILES string of the molecule is S=C(N/N=C\c1ccccc1)N1CCOCC1. The number of hydrazone groups is 1. The van der Waals surface area contributed by atoms with Gasteiger partial charge in [0.1, 0.15) is 0 Å². The van der Waals surface area contributed by atoms with Gasteiger partial charge in [-0.1, -0.05) is 30.3 Å². The second-order valence-corrected chi connectivity index (χ2v) is 4.07. The molecule has 1 aliphatic rings. The number of nitrogens with one attached hydrogen (secondary N) is 1. The fourth-order valence-corrected chi connectivity index (χ4v) is 1.77. The Labute approximate surface area is 106 Å². The molecular formula is C12H15N3OS. The Morgan fingerprint density at radius 3 is 2.71 bits per heavy atom. The van der Waals surface area contributed by atoms with Crippen molar-refractivity contribution in [2.24, 2.45) is 5.10 Å². The Morgan fingerprint density at radius 2 is 2.00 bits per heavy atom. The van der Waals surface area contributed by atoms with Gasteiger partial charge in [-0.2, -0.15) is 5.10 Å². The van der Waals surface area contributed by atoms with Crippen molar-refractivity contribution in [3.8, 4) is 0 Å². The molecule has 1 aromatic rings. The summed E-state index contributed by atoms with van der Waals surface area (Å²) in [6, 6.07) is 9.90. The molecule has 1 aliphatic heterocycles. The maximum Gasteiger partial charge on any atom is 0.189 e. The van der Waals surface area contributed by atoms with E-state index in [1.165, 1.54) is 0 Å². The molecule has 1 aromatic carbocycles. The molecule has 0 bridgehead atoms. The lowest BCUT2D eigenvalue weighted by molar-refractivity contribution is 0.0677. The van der Waals surface area contributed by atoms with Gasteiger partial charge in [-0.25, -0.2) is 0 Å². The molecule has 0 unspecified atom stereocenters. The lowest BCUT2D eigenvalue weighted by Gasteiger charge is -2.28. The van der Waals surface area contributed by atoms with Gasteiger partial charge in [0.15, 0.2) is 5.11 Å². The van der Waals surface area contributed by atoms with Crippen LogP contribution in [0.2, 0.25) is 0 Å². The van der Waals surface area contributed by atoms with E-state index >= 15 is 0 Å². The minimum Gasteiger partial charge on any atom is -0.378 e. The van der Waals surface area contributed by atoms with Gasteiger partial charge in [0.05, 0.1) is 19.4 Å². The van der Waals surface area contributed by atoms with E-state index in [1.54, 1.807) is 6.21 Å². The Bertz CT molecular complexity index is 388. The fraction of sp³-hybridized carbons (Fsp3) is 0.333. The van der Waals surface area contributed by atoms with Crippen molar-refractivity contribution in [2.45, 2.75) is 0 Å². The number of hydrogen-bond acceptors (Lipinski definition) is 3. The van der Waals surface area contributed by atoms with E-state index in [4.69, 9.17) is 17.0 Å². The number of thiocarbonyl (C=S) groups is 1. The fourth-order valence-electron chi connectivity index (χ4n) is 1.54. The molecule has 0 atom stereocenters. The van der Waals surface area contributed by atoms with Crippen LogP contribution in [-0.4, -0.2) is 42.5 Å². The van der Waals surface area contributed by atoms with Gasteiger partial charge in [-0.05, 0) is 17.8 Å². The number of rotatable bonds is 2. The number of nitrogens with zero attached hydrogens (tertiary/aromatic N) is 2. The van der Waals surface area contributed by atoms with Crippen LogP contribution in [0.3, 0.4) is 0 Å². The Hall–Kier alpha value is -1.46. The van der Waals surface area contributed by atoms with Crippen LogP contribution in [0.25, 0.3) is 0 Å². The third kappa shape index (κ3) is 3.80.